The van der Waals surface area contributed by atoms with Gasteiger partial charge in [0.1, 0.15) is 12.3 Å². The number of piperidine rings is 2. The van der Waals surface area contributed by atoms with Crippen molar-refractivity contribution in [3.05, 3.63) is 59.0 Å². The summed E-state index contributed by atoms with van der Waals surface area (Å²) in [6.07, 6.45) is 7.80. The first-order chi connectivity index (χ1) is 18.0. The number of ether oxygens (including phenoxy) is 1. The Morgan fingerprint density at radius 1 is 1.16 bits per heavy atom. The molecule has 2 atom stereocenters. The number of rotatable bonds is 8. The Hall–Kier alpha value is -2.84. The summed E-state index contributed by atoms with van der Waals surface area (Å²) in [5, 5.41) is 4.61. The van der Waals surface area contributed by atoms with Crippen LogP contribution in [-0.4, -0.2) is 59.5 Å². The minimum atomic E-state index is -1.16. The molecule has 0 bridgehead atoms. The highest BCUT2D eigenvalue weighted by molar-refractivity contribution is 5.95. The van der Waals surface area contributed by atoms with Crippen LogP contribution in [0.1, 0.15) is 39.0 Å². The molecule has 0 unspecified atom stereocenters. The van der Waals surface area contributed by atoms with Gasteiger partial charge in [-0.25, -0.2) is 8.78 Å². The average molecular weight is 511 g/mol. The van der Waals surface area contributed by atoms with E-state index in [1.807, 2.05) is 0 Å². The average Bonchev–Trinajstić information content (AvgIpc) is 2.91. The summed E-state index contributed by atoms with van der Waals surface area (Å²) in [7, 11) is 0. The fraction of sp³-hybridized carbons (Fsp3) is 0.517. The number of likely N-dealkylation sites (tertiary alicyclic amines) is 1. The molecule has 1 N–H and O–H groups in total. The number of alkyl halides is 1. The highest BCUT2D eigenvalue weighted by atomic mass is 19.1. The maximum Gasteiger partial charge on any atom is 0.260 e. The SMILES string of the molecule is CCCCn1cc(-c2ccc(O[C@@H]3CCN(CC4CCNCC4)C[C@H]3F)c(F)c2)c2ccncc2c1=O. The third-order valence-corrected chi connectivity index (χ3v) is 7.70. The molecule has 8 heteroatoms. The van der Waals surface area contributed by atoms with Gasteiger partial charge in [-0.15, -0.1) is 0 Å². The van der Waals surface area contributed by atoms with Crippen LogP contribution in [0.4, 0.5) is 8.78 Å². The van der Waals surface area contributed by atoms with Crippen molar-refractivity contribution in [2.24, 2.45) is 5.92 Å². The maximum absolute atomic E-state index is 15.2. The van der Waals surface area contributed by atoms with Crippen molar-refractivity contribution >= 4 is 10.8 Å². The van der Waals surface area contributed by atoms with E-state index in [2.05, 4.69) is 22.1 Å². The first-order valence-corrected chi connectivity index (χ1v) is 13.5. The Balaban J connectivity index is 1.31. The van der Waals surface area contributed by atoms with Crippen molar-refractivity contribution in [3.8, 4) is 16.9 Å². The molecular formula is C29H36F2N4O2. The number of aromatic nitrogens is 2. The van der Waals surface area contributed by atoms with Crippen molar-refractivity contribution in [2.45, 2.75) is 57.8 Å². The molecule has 0 aliphatic carbocycles. The largest absolute Gasteiger partial charge is 0.484 e. The van der Waals surface area contributed by atoms with Crippen LogP contribution in [-0.2, 0) is 6.54 Å². The molecule has 1 aromatic carbocycles. The zero-order chi connectivity index (χ0) is 25.8. The summed E-state index contributed by atoms with van der Waals surface area (Å²) < 4.78 is 37.8. The Kier molecular flexibility index (Phi) is 8.15. The quantitative estimate of drug-likeness (QED) is 0.472. The highest BCUT2D eigenvalue weighted by Gasteiger charge is 2.32. The second-order valence-electron chi connectivity index (χ2n) is 10.4. The number of hydrogen-bond donors (Lipinski definition) is 1. The number of nitrogens with one attached hydrogen (secondary N) is 1. The summed E-state index contributed by atoms with van der Waals surface area (Å²) in [6, 6.07) is 6.55. The molecule has 2 saturated heterocycles. The predicted molar refractivity (Wildman–Crippen MR) is 142 cm³/mol. The first kappa shape index (κ1) is 25.8. The molecular weight excluding hydrogens is 474 g/mol. The van der Waals surface area contributed by atoms with Gasteiger partial charge in [-0.1, -0.05) is 19.4 Å². The lowest BCUT2D eigenvalue weighted by atomic mass is 9.96. The minimum absolute atomic E-state index is 0.0634. The van der Waals surface area contributed by atoms with E-state index in [4.69, 9.17) is 4.74 Å². The summed E-state index contributed by atoms with van der Waals surface area (Å²) in [5.74, 6) is 0.142. The fourth-order valence-corrected chi connectivity index (χ4v) is 5.56. The van der Waals surface area contributed by atoms with E-state index in [-0.39, 0.29) is 11.3 Å². The Morgan fingerprint density at radius 2 is 2.00 bits per heavy atom. The first-order valence-electron chi connectivity index (χ1n) is 13.5. The predicted octanol–water partition coefficient (Wildman–Crippen LogP) is 4.79. The van der Waals surface area contributed by atoms with Crippen molar-refractivity contribution in [3.63, 3.8) is 0 Å². The van der Waals surface area contributed by atoms with E-state index in [1.54, 1.807) is 41.4 Å². The molecule has 37 heavy (non-hydrogen) atoms. The standard InChI is InChI=1S/C29H36F2N4O2/c1-2-3-13-35-18-24(22-8-12-33-16-23(22)29(35)36)21-4-5-27(25(30)15-21)37-28-9-14-34(19-26(28)31)17-20-6-10-32-11-7-20/h4-5,8,12,15-16,18,20,26,28,32H,2-3,6-7,9-11,13-14,17,19H2,1H3/t26-,28-/m1/s1. The van der Waals surface area contributed by atoms with Crippen LogP contribution in [0.25, 0.3) is 21.9 Å². The summed E-state index contributed by atoms with van der Waals surface area (Å²) in [4.78, 5) is 19.2. The molecule has 0 spiro atoms. The van der Waals surface area contributed by atoms with E-state index in [9.17, 15) is 4.79 Å². The van der Waals surface area contributed by atoms with Gasteiger partial charge in [0.25, 0.3) is 5.56 Å². The van der Waals surface area contributed by atoms with Crippen LogP contribution in [0.2, 0.25) is 0 Å². The third kappa shape index (κ3) is 5.85. The normalized spacial score (nSPS) is 21.4. The van der Waals surface area contributed by atoms with E-state index in [1.165, 1.54) is 6.07 Å². The van der Waals surface area contributed by atoms with Crippen LogP contribution in [0.3, 0.4) is 0 Å². The molecule has 2 fully saturated rings. The van der Waals surface area contributed by atoms with Gasteiger partial charge in [0.15, 0.2) is 11.6 Å². The molecule has 5 rings (SSSR count). The zero-order valence-electron chi connectivity index (χ0n) is 21.5. The fourth-order valence-electron chi connectivity index (χ4n) is 5.56. The second-order valence-corrected chi connectivity index (χ2v) is 10.4. The van der Waals surface area contributed by atoms with Crippen molar-refractivity contribution in [1.82, 2.24) is 19.8 Å². The van der Waals surface area contributed by atoms with Crippen LogP contribution in [0.15, 0.2) is 47.7 Å². The lowest BCUT2D eigenvalue weighted by Crippen LogP contribution is -2.49. The summed E-state index contributed by atoms with van der Waals surface area (Å²) >= 11 is 0. The van der Waals surface area contributed by atoms with Crippen LogP contribution in [0, 0.1) is 11.7 Å². The number of benzene rings is 1. The van der Waals surface area contributed by atoms with Crippen LogP contribution >= 0.6 is 0 Å². The molecule has 4 heterocycles. The lowest BCUT2D eigenvalue weighted by Gasteiger charge is -2.37. The van der Waals surface area contributed by atoms with E-state index in [0.717, 1.165) is 62.8 Å². The molecule has 0 saturated carbocycles. The van der Waals surface area contributed by atoms with Gasteiger partial charge in [0, 0.05) is 50.3 Å². The molecule has 2 aliphatic rings. The summed E-state index contributed by atoms with van der Waals surface area (Å²) in [6.45, 7) is 6.73. The Bertz CT molecular complexity index is 1270. The number of halogens is 2. The Morgan fingerprint density at radius 3 is 2.76 bits per heavy atom. The van der Waals surface area contributed by atoms with Gasteiger partial charge in [-0.05, 0) is 73.8 Å². The van der Waals surface area contributed by atoms with Gasteiger partial charge >= 0.3 is 0 Å². The van der Waals surface area contributed by atoms with Gasteiger partial charge in [-0.3, -0.25) is 14.7 Å². The number of pyridine rings is 2. The molecule has 6 nitrogen and oxygen atoms in total. The van der Waals surface area contributed by atoms with E-state index < -0.39 is 18.1 Å². The Labute approximate surface area is 216 Å². The van der Waals surface area contributed by atoms with Gasteiger partial charge in [0.05, 0.1) is 5.39 Å². The molecule has 0 amide bonds. The number of fused-ring (bicyclic) bond motifs is 1. The topological polar surface area (TPSA) is 59.4 Å². The zero-order valence-corrected chi connectivity index (χ0v) is 21.5. The summed E-state index contributed by atoms with van der Waals surface area (Å²) in [5.41, 5.74) is 1.30. The van der Waals surface area contributed by atoms with Gasteiger partial charge < -0.3 is 14.6 Å². The van der Waals surface area contributed by atoms with Crippen molar-refractivity contribution < 1.29 is 13.5 Å². The molecule has 3 aromatic rings. The third-order valence-electron chi connectivity index (χ3n) is 7.70. The smallest absolute Gasteiger partial charge is 0.260 e. The van der Waals surface area contributed by atoms with Gasteiger partial charge in [-0.2, -0.15) is 0 Å². The lowest BCUT2D eigenvalue weighted by molar-refractivity contribution is 0.0132. The maximum atomic E-state index is 15.2. The number of hydrogen-bond acceptors (Lipinski definition) is 5. The molecule has 2 aromatic heterocycles. The molecule has 0 radical (unpaired) electrons. The highest BCUT2D eigenvalue weighted by Crippen LogP contribution is 2.32. The number of nitrogens with zero attached hydrogens (tertiary/aromatic N) is 3. The van der Waals surface area contributed by atoms with E-state index in [0.29, 0.717) is 36.4 Å². The van der Waals surface area contributed by atoms with Crippen molar-refractivity contribution in [1.29, 1.82) is 0 Å². The van der Waals surface area contributed by atoms with Gasteiger partial charge in [0.2, 0.25) is 0 Å². The second kappa shape index (κ2) is 11.7. The van der Waals surface area contributed by atoms with Crippen LogP contribution in [0.5, 0.6) is 5.75 Å². The van der Waals surface area contributed by atoms with Crippen molar-refractivity contribution in [2.75, 3.05) is 32.7 Å². The molecule has 198 valence electrons. The monoisotopic (exact) mass is 510 g/mol. The van der Waals surface area contributed by atoms with E-state index >= 15 is 8.78 Å². The number of aryl methyl sites for hydroxylation is 1. The number of unbranched alkanes of at least 4 members (excludes halogenated alkanes) is 1. The van der Waals surface area contributed by atoms with Crippen LogP contribution < -0.4 is 15.6 Å². The molecule has 2 aliphatic heterocycles. The minimum Gasteiger partial charge on any atom is -0.484 e.